The largest absolute Gasteiger partial charge is 0.493 e. The first-order chi connectivity index (χ1) is 17.9. The molecule has 0 radical (unpaired) electrons. The summed E-state index contributed by atoms with van der Waals surface area (Å²) in [5.41, 5.74) is 1.58. The molecule has 0 aromatic heterocycles. The molecule has 6 nitrogen and oxygen atoms in total. The van der Waals surface area contributed by atoms with Gasteiger partial charge in [-0.1, -0.05) is 37.6 Å². The number of allylic oxidation sites excluding steroid dienone is 2. The Morgan fingerprint density at radius 3 is 1.68 bits per heavy atom. The van der Waals surface area contributed by atoms with Crippen molar-refractivity contribution in [3.63, 3.8) is 0 Å². The number of benzene rings is 2. The third-order valence-corrected chi connectivity index (χ3v) is 6.62. The summed E-state index contributed by atoms with van der Waals surface area (Å²) in [5, 5.41) is 0. The van der Waals surface area contributed by atoms with Crippen LogP contribution in [-0.4, -0.2) is 58.5 Å². The van der Waals surface area contributed by atoms with Gasteiger partial charge in [0.25, 0.3) is 0 Å². The molecule has 0 aliphatic rings. The van der Waals surface area contributed by atoms with E-state index in [1.54, 1.807) is 32.4 Å². The van der Waals surface area contributed by atoms with Crippen molar-refractivity contribution in [1.82, 2.24) is 0 Å². The average molecular weight is 527 g/mol. The van der Waals surface area contributed by atoms with Gasteiger partial charge in [-0.3, -0.25) is 9.59 Å². The van der Waals surface area contributed by atoms with Gasteiger partial charge in [-0.05, 0) is 79.9 Å². The molecule has 0 saturated heterocycles. The molecule has 0 aliphatic carbocycles. The quantitative estimate of drug-likeness (QED) is 0.0995. The molecule has 0 saturated carbocycles. The smallest absolute Gasteiger partial charge is 0.163 e. The molecule has 0 amide bonds. The summed E-state index contributed by atoms with van der Waals surface area (Å²) in [7, 11) is 3.24. The fourth-order valence-corrected chi connectivity index (χ4v) is 4.13. The zero-order valence-electron chi connectivity index (χ0n) is 22.6. The van der Waals surface area contributed by atoms with Gasteiger partial charge in [0.2, 0.25) is 0 Å². The zero-order valence-corrected chi connectivity index (χ0v) is 23.5. The standard InChI is InChI=1S/C30H39O6P/c1-6-7-17-35-27-15-11-23(20-29(27)33-2)9-13-25(31)22-26(32)14-10-24-12-16-28(30(21-24)34-3)36-18-8-19-37(4)5/h9-16,20-21H,6-8,17-19,22H2,1-5H3/b13-9+,14-10+. The molecule has 2 rings (SSSR count). The van der Waals surface area contributed by atoms with E-state index in [0.717, 1.165) is 30.4 Å². The SMILES string of the molecule is CCCCOc1ccc(/C=C/C(=O)CC(=O)/C=C/c2ccc(OCCCP(C)C)c(OC)c2)cc1OC. The second kappa shape index (κ2) is 16.6. The number of unbranched alkanes of at least 4 members (excludes halogenated alkanes) is 1. The summed E-state index contributed by atoms with van der Waals surface area (Å²) in [6.07, 6.45) is 10.2. The molecule has 0 aliphatic heterocycles. The average Bonchev–Trinajstić information content (AvgIpc) is 2.89. The lowest BCUT2D eigenvalue weighted by molar-refractivity contribution is -0.121. The summed E-state index contributed by atoms with van der Waals surface area (Å²) < 4.78 is 22.4. The van der Waals surface area contributed by atoms with Gasteiger partial charge >= 0.3 is 0 Å². The molecule has 0 heterocycles. The van der Waals surface area contributed by atoms with Crippen LogP contribution in [0.4, 0.5) is 0 Å². The lowest BCUT2D eigenvalue weighted by atomic mass is 10.1. The maximum atomic E-state index is 12.3. The number of ether oxygens (including phenoxy) is 4. The zero-order chi connectivity index (χ0) is 27.0. The van der Waals surface area contributed by atoms with Crippen LogP contribution in [-0.2, 0) is 9.59 Å². The third kappa shape index (κ3) is 11.2. The molecule has 0 atom stereocenters. The number of ketones is 2. The molecule has 7 heteroatoms. The molecule has 2 aromatic rings. The second-order valence-corrected chi connectivity index (χ2v) is 11.4. The third-order valence-electron chi connectivity index (χ3n) is 5.41. The van der Waals surface area contributed by atoms with Gasteiger partial charge in [-0.2, -0.15) is 0 Å². The topological polar surface area (TPSA) is 71.1 Å². The van der Waals surface area contributed by atoms with E-state index < -0.39 is 0 Å². The Balaban J connectivity index is 1.91. The number of carbonyl (C=O) groups excluding carboxylic acids is 2. The van der Waals surface area contributed by atoms with E-state index in [2.05, 4.69) is 20.3 Å². The van der Waals surface area contributed by atoms with Crippen LogP contribution in [0.25, 0.3) is 12.2 Å². The molecule has 0 bridgehead atoms. The van der Waals surface area contributed by atoms with Crippen molar-refractivity contribution in [2.24, 2.45) is 0 Å². The van der Waals surface area contributed by atoms with Crippen LogP contribution in [0.3, 0.4) is 0 Å². The highest BCUT2D eigenvalue weighted by Gasteiger charge is 2.08. The second-order valence-electron chi connectivity index (χ2n) is 8.80. The van der Waals surface area contributed by atoms with Gasteiger partial charge in [-0.25, -0.2) is 0 Å². The van der Waals surface area contributed by atoms with E-state index in [1.165, 1.54) is 18.3 Å². The van der Waals surface area contributed by atoms with Crippen LogP contribution in [0.2, 0.25) is 0 Å². The van der Waals surface area contributed by atoms with E-state index >= 15 is 0 Å². The minimum Gasteiger partial charge on any atom is -0.493 e. The van der Waals surface area contributed by atoms with Crippen LogP contribution in [0, 0.1) is 0 Å². The normalized spacial score (nSPS) is 11.3. The predicted molar refractivity (Wildman–Crippen MR) is 153 cm³/mol. The molecule has 0 unspecified atom stereocenters. The van der Waals surface area contributed by atoms with Gasteiger partial charge in [0.05, 0.1) is 33.9 Å². The number of carbonyl (C=O) groups is 2. The van der Waals surface area contributed by atoms with Crippen LogP contribution in [0.15, 0.2) is 48.6 Å². The van der Waals surface area contributed by atoms with Gasteiger partial charge < -0.3 is 18.9 Å². The van der Waals surface area contributed by atoms with Gasteiger partial charge in [-0.15, -0.1) is 7.92 Å². The molecule has 200 valence electrons. The van der Waals surface area contributed by atoms with Crippen molar-refractivity contribution in [2.75, 3.05) is 46.9 Å². The fraction of sp³-hybridized carbons (Fsp3) is 0.400. The Kier molecular flexibility index (Phi) is 13.5. The summed E-state index contributed by atoms with van der Waals surface area (Å²) in [6.45, 7) is 7.88. The monoisotopic (exact) mass is 526 g/mol. The van der Waals surface area contributed by atoms with E-state index in [1.807, 2.05) is 30.3 Å². The lowest BCUT2D eigenvalue weighted by Gasteiger charge is -2.12. The minimum atomic E-state index is -0.277. The van der Waals surface area contributed by atoms with Gasteiger partial charge in [0, 0.05) is 0 Å². The van der Waals surface area contributed by atoms with Crippen molar-refractivity contribution < 1.29 is 28.5 Å². The van der Waals surface area contributed by atoms with Crippen molar-refractivity contribution in [2.45, 2.75) is 32.6 Å². The number of methoxy groups -OCH3 is 2. The van der Waals surface area contributed by atoms with E-state index in [4.69, 9.17) is 18.9 Å². The van der Waals surface area contributed by atoms with Gasteiger partial charge in [0.15, 0.2) is 34.6 Å². The van der Waals surface area contributed by atoms with Crippen molar-refractivity contribution >= 4 is 31.6 Å². The summed E-state index contributed by atoms with van der Waals surface area (Å²) in [4.78, 5) is 24.6. The highest BCUT2D eigenvalue weighted by atomic mass is 31.1. The number of hydrogen-bond donors (Lipinski definition) is 0. The molecule has 2 aromatic carbocycles. The van der Waals surface area contributed by atoms with Crippen LogP contribution >= 0.6 is 7.92 Å². The Labute approximate surface area is 222 Å². The molecule has 0 spiro atoms. The maximum absolute atomic E-state index is 12.3. The summed E-state index contributed by atoms with van der Waals surface area (Å²) in [6, 6.07) is 11.0. The predicted octanol–water partition coefficient (Wildman–Crippen LogP) is 6.65. The fourth-order valence-electron chi connectivity index (χ4n) is 3.37. The Bertz CT molecular complexity index is 1070. The Hall–Kier alpha value is -3.11. The van der Waals surface area contributed by atoms with Crippen LogP contribution in [0.5, 0.6) is 23.0 Å². The van der Waals surface area contributed by atoms with Crippen molar-refractivity contribution in [3.05, 3.63) is 59.7 Å². The summed E-state index contributed by atoms with van der Waals surface area (Å²) >= 11 is 0. The molecule has 0 fully saturated rings. The minimum absolute atomic E-state index is 0.0739. The van der Waals surface area contributed by atoms with E-state index in [0.29, 0.717) is 36.2 Å². The molecule has 37 heavy (non-hydrogen) atoms. The number of rotatable bonds is 17. The van der Waals surface area contributed by atoms with Gasteiger partial charge in [0.1, 0.15) is 0 Å². The summed E-state index contributed by atoms with van der Waals surface area (Å²) in [5.74, 6) is 2.01. The highest BCUT2D eigenvalue weighted by Crippen LogP contribution is 2.30. The Morgan fingerprint density at radius 1 is 0.757 bits per heavy atom. The highest BCUT2D eigenvalue weighted by molar-refractivity contribution is 7.55. The first kappa shape index (κ1) is 30.1. The Morgan fingerprint density at radius 2 is 1.24 bits per heavy atom. The van der Waals surface area contributed by atoms with E-state index in [9.17, 15) is 9.59 Å². The van der Waals surface area contributed by atoms with Crippen molar-refractivity contribution in [3.8, 4) is 23.0 Å². The number of hydrogen-bond acceptors (Lipinski definition) is 6. The maximum Gasteiger partial charge on any atom is 0.163 e. The van der Waals surface area contributed by atoms with E-state index in [-0.39, 0.29) is 25.9 Å². The lowest BCUT2D eigenvalue weighted by Crippen LogP contribution is -2.02. The molecule has 0 N–H and O–H groups in total. The molecular weight excluding hydrogens is 487 g/mol. The van der Waals surface area contributed by atoms with Crippen LogP contribution in [0.1, 0.15) is 43.7 Å². The first-order valence-corrected chi connectivity index (χ1v) is 15.0. The first-order valence-electron chi connectivity index (χ1n) is 12.5. The van der Waals surface area contributed by atoms with Crippen molar-refractivity contribution in [1.29, 1.82) is 0 Å². The van der Waals surface area contributed by atoms with Crippen LogP contribution < -0.4 is 18.9 Å². The molecular formula is C30H39O6P.